The fourth-order valence-electron chi connectivity index (χ4n) is 2.97. The maximum atomic E-state index is 12.7. The van der Waals surface area contributed by atoms with Gasteiger partial charge in [-0.25, -0.2) is 4.68 Å². The molecule has 2 aromatic heterocycles. The highest BCUT2D eigenvalue weighted by atomic mass is 16.5. The minimum atomic E-state index is -0.659. The molecule has 2 amide bonds. The second-order valence-corrected chi connectivity index (χ2v) is 6.37. The van der Waals surface area contributed by atoms with Crippen molar-refractivity contribution in [1.29, 1.82) is 0 Å². The number of carbonyl (C=O) groups excluding carboxylic acids is 2. The molecule has 150 valence electrons. The van der Waals surface area contributed by atoms with Crippen LogP contribution in [-0.2, 0) is 6.54 Å². The van der Waals surface area contributed by atoms with E-state index in [1.165, 1.54) is 10.7 Å². The Balaban J connectivity index is 1.53. The van der Waals surface area contributed by atoms with E-state index in [9.17, 15) is 14.4 Å². The van der Waals surface area contributed by atoms with E-state index in [0.29, 0.717) is 23.1 Å². The van der Waals surface area contributed by atoms with Gasteiger partial charge < -0.3 is 4.52 Å². The number of aryl methyl sites for hydroxylation is 1. The summed E-state index contributed by atoms with van der Waals surface area (Å²) in [5.41, 5.74) is 5.11. The van der Waals surface area contributed by atoms with Crippen molar-refractivity contribution in [2.75, 3.05) is 0 Å². The number of fused-ring (bicyclic) bond motifs is 1. The summed E-state index contributed by atoms with van der Waals surface area (Å²) in [5, 5.41) is 8.62. The van der Waals surface area contributed by atoms with Crippen LogP contribution in [0, 0.1) is 0 Å². The van der Waals surface area contributed by atoms with Gasteiger partial charge in [-0.3, -0.25) is 25.2 Å². The average molecular weight is 403 g/mol. The van der Waals surface area contributed by atoms with E-state index >= 15 is 0 Å². The normalized spacial score (nSPS) is 10.7. The Labute approximate surface area is 170 Å². The van der Waals surface area contributed by atoms with Crippen LogP contribution in [0.5, 0.6) is 0 Å². The summed E-state index contributed by atoms with van der Waals surface area (Å²) in [6, 6.07) is 17.3. The third-order valence-corrected chi connectivity index (χ3v) is 4.47. The molecular weight excluding hydrogens is 386 g/mol. The van der Waals surface area contributed by atoms with Crippen molar-refractivity contribution in [1.82, 2.24) is 25.8 Å². The highest BCUT2D eigenvalue weighted by Crippen LogP contribution is 2.19. The third kappa shape index (κ3) is 3.55. The Morgan fingerprint density at radius 1 is 0.967 bits per heavy atom. The van der Waals surface area contributed by atoms with Gasteiger partial charge in [0.1, 0.15) is 0 Å². The standard InChI is InChI=1S/C21H17N5O4/c1-2-26-21(29)15-11-7-6-10-14(15)18(24-26)20(28)23-22-19(27)16-12-17(30-25-16)13-8-4-3-5-9-13/h3-12H,2H2,1H3,(H,22,27)(H,23,28). The monoisotopic (exact) mass is 403 g/mol. The molecule has 4 rings (SSSR count). The predicted octanol–water partition coefficient (Wildman–Crippen LogP) is 2.15. The zero-order valence-electron chi connectivity index (χ0n) is 16.0. The highest BCUT2D eigenvalue weighted by Gasteiger charge is 2.18. The van der Waals surface area contributed by atoms with Gasteiger partial charge in [0.05, 0.1) is 5.39 Å². The zero-order valence-corrected chi connectivity index (χ0v) is 16.0. The lowest BCUT2D eigenvalue weighted by atomic mass is 10.1. The molecule has 0 aliphatic heterocycles. The average Bonchev–Trinajstić information content (AvgIpc) is 3.29. The van der Waals surface area contributed by atoms with Crippen LogP contribution in [0.25, 0.3) is 22.1 Å². The van der Waals surface area contributed by atoms with Crippen LogP contribution in [0.3, 0.4) is 0 Å². The van der Waals surface area contributed by atoms with E-state index in [1.807, 2.05) is 30.3 Å². The summed E-state index contributed by atoms with van der Waals surface area (Å²) in [7, 11) is 0. The predicted molar refractivity (Wildman–Crippen MR) is 109 cm³/mol. The number of rotatable bonds is 4. The topological polar surface area (TPSA) is 119 Å². The summed E-state index contributed by atoms with van der Waals surface area (Å²) >= 11 is 0. The van der Waals surface area contributed by atoms with Gasteiger partial charge in [0.25, 0.3) is 17.4 Å². The first kappa shape index (κ1) is 19.1. The number of hydrazine groups is 1. The van der Waals surface area contributed by atoms with Crippen molar-refractivity contribution < 1.29 is 14.1 Å². The number of hydrogen-bond donors (Lipinski definition) is 2. The van der Waals surface area contributed by atoms with E-state index in [2.05, 4.69) is 21.1 Å². The maximum absolute atomic E-state index is 12.7. The van der Waals surface area contributed by atoms with Crippen LogP contribution in [0.15, 0.2) is 70.0 Å². The Kier molecular flexibility index (Phi) is 5.08. The summed E-state index contributed by atoms with van der Waals surface area (Å²) in [5.74, 6) is -0.884. The Morgan fingerprint density at radius 3 is 2.37 bits per heavy atom. The van der Waals surface area contributed by atoms with Crippen LogP contribution in [-0.4, -0.2) is 26.8 Å². The molecular formula is C21H17N5O4. The maximum Gasteiger partial charge on any atom is 0.291 e. The van der Waals surface area contributed by atoms with Gasteiger partial charge in [0, 0.05) is 23.6 Å². The molecule has 2 heterocycles. The second-order valence-electron chi connectivity index (χ2n) is 6.37. The molecule has 0 saturated heterocycles. The molecule has 0 fully saturated rings. The zero-order chi connectivity index (χ0) is 21.1. The molecule has 0 radical (unpaired) electrons. The van der Waals surface area contributed by atoms with Crippen LogP contribution >= 0.6 is 0 Å². The molecule has 30 heavy (non-hydrogen) atoms. The van der Waals surface area contributed by atoms with Crippen LogP contribution in [0.4, 0.5) is 0 Å². The minimum Gasteiger partial charge on any atom is -0.355 e. The van der Waals surface area contributed by atoms with Crippen molar-refractivity contribution in [3.63, 3.8) is 0 Å². The van der Waals surface area contributed by atoms with Crippen molar-refractivity contribution >= 4 is 22.6 Å². The van der Waals surface area contributed by atoms with Crippen molar-refractivity contribution in [2.24, 2.45) is 0 Å². The van der Waals surface area contributed by atoms with E-state index in [-0.39, 0.29) is 16.9 Å². The molecule has 4 aromatic rings. The lowest BCUT2D eigenvalue weighted by molar-refractivity contribution is 0.0838. The Morgan fingerprint density at radius 2 is 1.63 bits per heavy atom. The minimum absolute atomic E-state index is 0.00509. The quantitative estimate of drug-likeness (QED) is 0.504. The molecule has 9 heteroatoms. The molecule has 9 nitrogen and oxygen atoms in total. The summed E-state index contributed by atoms with van der Waals surface area (Å²) < 4.78 is 6.39. The van der Waals surface area contributed by atoms with Gasteiger partial charge >= 0.3 is 0 Å². The Bertz CT molecular complexity index is 1290. The van der Waals surface area contributed by atoms with Crippen LogP contribution < -0.4 is 16.4 Å². The number of nitrogens with one attached hydrogen (secondary N) is 2. The van der Waals surface area contributed by atoms with E-state index in [4.69, 9.17) is 4.52 Å². The van der Waals surface area contributed by atoms with Gasteiger partial charge in [-0.2, -0.15) is 5.10 Å². The first-order valence-corrected chi connectivity index (χ1v) is 9.21. The number of aromatic nitrogens is 3. The van der Waals surface area contributed by atoms with Crippen LogP contribution in [0.1, 0.15) is 27.9 Å². The molecule has 0 bridgehead atoms. The molecule has 0 unspecified atom stereocenters. The lowest BCUT2D eigenvalue weighted by Crippen LogP contribution is -2.43. The molecule has 0 aliphatic carbocycles. The highest BCUT2D eigenvalue weighted by molar-refractivity contribution is 6.05. The molecule has 0 saturated carbocycles. The Hall–Kier alpha value is -4.27. The number of hydrogen-bond acceptors (Lipinski definition) is 6. The van der Waals surface area contributed by atoms with Gasteiger partial charge in [-0.15, -0.1) is 0 Å². The second kappa shape index (κ2) is 8.00. The van der Waals surface area contributed by atoms with Gasteiger partial charge in [0.2, 0.25) is 0 Å². The summed E-state index contributed by atoms with van der Waals surface area (Å²) in [6.45, 7) is 2.05. The van der Waals surface area contributed by atoms with Gasteiger partial charge in [-0.1, -0.05) is 53.7 Å². The molecule has 0 atom stereocenters. The van der Waals surface area contributed by atoms with Gasteiger partial charge in [-0.05, 0) is 13.0 Å². The van der Waals surface area contributed by atoms with Crippen molar-refractivity contribution in [3.8, 4) is 11.3 Å². The molecule has 0 spiro atoms. The van der Waals surface area contributed by atoms with E-state index in [0.717, 1.165) is 5.56 Å². The summed E-state index contributed by atoms with van der Waals surface area (Å²) in [4.78, 5) is 37.4. The van der Waals surface area contributed by atoms with Crippen molar-refractivity contribution in [3.05, 3.63) is 82.4 Å². The SMILES string of the molecule is CCn1nc(C(=O)NNC(=O)c2cc(-c3ccccc3)on2)c2ccccc2c1=O. The molecule has 0 aliphatic rings. The van der Waals surface area contributed by atoms with E-state index in [1.54, 1.807) is 31.2 Å². The number of nitrogens with zero attached hydrogens (tertiary/aromatic N) is 3. The largest absolute Gasteiger partial charge is 0.355 e. The summed E-state index contributed by atoms with van der Waals surface area (Å²) in [6.07, 6.45) is 0. The lowest BCUT2D eigenvalue weighted by Gasteiger charge is -2.10. The number of carbonyl (C=O) groups is 2. The molecule has 2 N–H and O–H groups in total. The first-order valence-electron chi connectivity index (χ1n) is 9.21. The molecule has 2 aromatic carbocycles. The fraction of sp³-hybridized carbons (Fsp3) is 0.0952. The van der Waals surface area contributed by atoms with E-state index < -0.39 is 11.8 Å². The van der Waals surface area contributed by atoms with Crippen LogP contribution in [0.2, 0.25) is 0 Å². The van der Waals surface area contributed by atoms with Gasteiger partial charge in [0.15, 0.2) is 17.1 Å². The number of amides is 2. The fourth-order valence-corrected chi connectivity index (χ4v) is 2.97. The smallest absolute Gasteiger partial charge is 0.291 e. The third-order valence-electron chi connectivity index (χ3n) is 4.47. The number of benzene rings is 2. The first-order chi connectivity index (χ1) is 14.6. The van der Waals surface area contributed by atoms with Crippen molar-refractivity contribution in [2.45, 2.75) is 13.5 Å².